The Balaban J connectivity index is 2.36. The second-order valence-electron chi connectivity index (χ2n) is 4.34. The number of sulfonamides is 1. The Bertz CT molecular complexity index is 712. The van der Waals surface area contributed by atoms with Crippen LogP contribution in [-0.2, 0) is 10.0 Å². The monoisotopic (exact) mass is 277 g/mol. The molecule has 5 nitrogen and oxygen atoms in total. The van der Waals surface area contributed by atoms with E-state index in [4.69, 9.17) is 5.73 Å². The van der Waals surface area contributed by atoms with E-state index < -0.39 is 10.0 Å². The second kappa shape index (κ2) is 4.89. The van der Waals surface area contributed by atoms with Gasteiger partial charge in [0.1, 0.15) is 5.82 Å². The minimum absolute atomic E-state index is 0.0972. The molecule has 0 radical (unpaired) electrons. The third kappa shape index (κ3) is 3.03. The Kier molecular flexibility index (Phi) is 3.44. The molecule has 2 aromatic rings. The van der Waals surface area contributed by atoms with Gasteiger partial charge in [0.05, 0.1) is 10.6 Å². The summed E-state index contributed by atoms with van der Waals surface area (Å²) < 4.78 is 26.9. The highest BCUT2D eigenvalue weighted by atomic mass is 32.2. The van der Waals surface area contributed by atoms with E-state index in [-0.39, 0.29) is 10.7 Å². The van der Waals surface area contributed by atoms with Crippen molar-refractivity contribution in [3.63, 3.8) is 0 Å². The van der Waals surface area contributed by atoms with Crippen molar-refractivity contribution in [1.29, 1.82) is 0 Å². The van der Waals surface area contributed by atoms with E-state index in [0.717, 1.165) is 11.1 Å². The maximum absolute atomic E-state index is 12.2. The van der Waals surface area contributed by atoms with Crippen molar-refractivity contribution in [2.75, 3.05) is 10.5 Å². The van der Waals surface area contributed by atoms with Crippen LogP contribution >= 0.6 is 0 Å². The molecule has 0 unspecified atom stereocenters. The number of nitrogens with two attached hydrogens (primary N) is 1. The Morgan fingerprint density at radius 3 is 2.53 bits per heavy atom. The highest BCUT2D eigenvalue weighted by molar-refractivity contribution is 7.92. The number of aryl methyl sites for hydroxylation is 2. The Morgan fingerprint density at radius 2 is 1.89 bits per heavy atom. The SMILES string of the molecule is Cc1ccc(NS(=O)(=O)c2ccnc(N)c2)c(C)c1. The molecule has 1 heterocycles. The van der Waals surface area contributed by atoms with Crippen molar-refractivity contribution < 1.29 is 8.42 Å². The van der Waals surface area contributed by atoms with Gasteiger partial charge >= 0.3 is 0 Å². The van der Waals surface area contributed by atoms with Crippen molar-refractivity contribution in [2.24, 2.45) is 0 Å². The molecular formula is C13H15N3O2S. The molecule has 0 bridgehead atoms. The highest BCUT2D eigenvalue weighted by Crippen LogP contribution is 2.21. The molecule has 0 aliphatic carbocycles. The molecule has 0 spiro atoms. The summed E-state index contributed by atoms with van der Waals surface area (Å²) >= 11 is 0. The van der Waals surface area contributed by atoms with Gasteiger partial charge in [0.15, 0.2) is 0 Å². The third-order valence-electron chi connectivity index (χ3n) is 2.69. The molecule has 0 aliphatic heterocycles. The lowest BCUT2D eigenvalue weighted by Gasteiger charge is -2.11. The quantitative estimate of drug-likeness (QED) is 0.899. The normalized spacial score (nSPS) is 11.3. The average molecular weight is 277 g/mol. The lowest BCUT2D eigenvalue weighted by molar-refractivity contribution is 0.601. The fourth-order valence-corrected chi connectivity index (χ4v) is 2.88. The molecule has 0 saturated carbocycles. The Hall–Kier alpha value is -2.08. The first kappa shape index (κ1) is 13.4. The fraction of sp³-hybridized carbons (Fsp3) is 0.154. The van der Waals surface area contributed by atoms with Crippen LogP contribution in [0.5, 0.6) is 0 Å². The van der Waals surface area contributed by atoms with E-state index in [1.807, 2.05) is 26.0 Å². The molecule has 0 fully saturated rings. The summed E-state index contributed by atoms with van der Waals surface area (Å²) in [6.07, 6.45) is 1.37. The van der Waals surface area contributed by atoms with E-state index in [2.05, 4.69) is 9.71 Å². The summed E-state index contributed by atoms with van der Waals surface area (Å²) in [6, 6.07) is 8.24. The minimum atomic E-state index is -3.64. The molecule has 0 amide bonds. The lowest BCUT2D eigenvalue weighted by Crippen LogP contribution is -2.14. The Morgan fingerprint density at radius 1 is 1.16 bits per heavy atom. The van der Waals surface area contributed by atoms with Gasteiger partial charge in [-0.15, -0.1) is 0 Å². The average Bonchev–Trinajstić information content (AvgIpc) is 2.33. The van der Waals surface area contributed by atoms with Crippen LogP contribution in [0, 0.1) is 13.8 Å². The zero-order valence-corrected chi connectivity index (χ0v) is 11.5. The van der Waals surface area contributed by atoms with Gasteiger partial charge in [0.2, 0.25) is 0 Å². The van der Waals surface area contributed by atoms with Crippen LogP contribution in [0.2, 0.25) is 0 Å². The van der Waals surface area contributed by atoms with Gasteiger partial charge in [-0.1, -0.05) is 17.7 Å². The van der Waals surface area contributed by atoms with Crippen LogP contribution in [0.3, 0.4) is 0 Å². The number of hydrogen-bond acceptors (Lipinski definition) is 4. The number of nitrogen functional groups attached to an aromatic ring is 1. The first-order valence-corrected chi connectivity index (χ1v) is 7.18. The van der Waals surface area contributed by atoms with E-state index >= 15 is 0 Å². The van der Waals surface area contributed by atoms with E-state index in [9.17, 15) is 8.42 Å². The number of hydrogen-bond donors (Lipinski definition) is 2. The predicted molar refractivity (Wildman–Crippen MR) is 75.4 cm³/mol. The number of nitrogens with zero attached hydrogens (tertiary/aromatic N) is 1. The fourth-order valence-electron chi connectivity index (χ4n) is 1.73. The van der Waals surface area contributed by atoms with Crippen LogP contribution in [0.25, 0.3) is 0 Å². The summed E-state index contributed by atoms with van der Waals surface area (Å²) in [5.74, 6) is 0.170. The van der Waals surface area contributed by atoms with Crippen LogP contribution in [0.1, 0.15) is 11.1 Å². The molecule has 19 heavy (non-hydrogen) atoms. The minimum Gasteiger partial charge on any atom is -0.384 e. The van der Waals surface area contributed by atoms with Gasteiger partial charge in [-0.2, -0.15) is 0 Å². The van der Waals surface area contributed by atoms with Crippen LogP contribution < -0.4 is 10.5 Å². The summed E-state index contributed by atoms with van der Waals surface area (Å²) in [4.78, 5) is 3.87. The number of rotatable bonds is 3. The topological polar surface area (TPSA) is 85.1 Å². The molecule has 0 aliphatic rings. The zero-order chi connectivity index (χ0) is 14.0. The van der Waals surface area contributed by atoms with Crippen molar-refractivity contribution in [3.05, 3.63) is 47.7 Å². The van der Waals surface area contributed by atoms with Gasteiger partial charge in [-0.3, -0.25) is 4.72 Å². The van der Waals surface area contributed by atoms with Crippen molar-refractivity contribution >= 4 is 21.5 Å². The summed E-state index contributed by atoms with van der Waals surface area (Å²) in [5, 5.41) is 0. The van der Waals surface area contributed by atoms with Gasteiger partial charge in [0, 0.05) is 12.3 Å². The zero-order valence-electron chi connectivity index (χ0n) is 10.7. The maximum atomic E-state index is 12.2. The second-order valence-corrected chi connectivity index (χ2v) is 6.02. The molecule has 0 atom stereocenters. The summed E-state index contributed by atoms with van der Waals surface area (Å²) in [6.45, 7) is 3.81. The smallest absolute Gasteiger partial charge is 0.262 e. The maximum Gasteiger partial charge on any atom is 0.262 e. The number of nitrogens with one attached hydrogen (secondary N) is 1. The third-order valence-corrected chi connectivity index (χ3v) is 4.05. The highest BCUT2D eigenvalue weighted by Gasteiger charge is 2.15. The molecule has 100 valence electrons. The predicted octanol–water partition coefficient (Wildman–Crippen LogP) is 2.08. The number of pyridine rings is 1. The van der Waals surface area contributed by atoms with Crippen molar-refractivity contribution in [3.8, 4) is 0 Å². The largest absolute Gasteiger partial charge is 0.384 e. The van der Waals surface area contributed by atoms with Crippen LogP contribution in [0.4, 0.5) is 11.5 Å². The summed E-state index contributed by atoms with van der Waals surface area (Å²) in [7, 11) is -3.64. The number of benzene rings is 1. The van der Waals surface area contributed by atoms with Crippen LogP contribution in [0.15, 0.2) is 41.4 Å². The van der Waals surface area contributed by atoms with Gasteiger partial charge in [-0.25, -0.2) is 13.4 Å². The lowest BCUT2D eigenvalue weighted by atomic mass is 10.1. The molecule has 0 saturated heterocycles. The first-order valence-electron chi connectivity index (χ1n) is 5.70. The molecular weight excluding hydrogens is 262 g/mol. The van der Waals surface area contributed by atoms with Crippen molar-refractivity contribution in [1.82, 2.24) is 4.98 Å². The molecule has 1 aromatic heterocycles. The number of aromatic nitrogens is 1. The van der Waals surface area contributed by atoms with E-state index in [0.29, 0.717) is 5.69 Å². The van der Waals surface area contributed by atoms with E-state index in [1.165, 1.54) is 18.3 Å². The Labute approximate surface area is 112 Å². The molecule has 2 rings (SSSR count). The molecule has 1 aromatic carbocycles. The standard InChI is InChI=1S/C13H15N3O2S/c1-9-3-4-12(10(2)7-9)16-19(17,18)11-5-6-15-13(14)8-11/h3-8,16H,1-2H3,(H2,14,15). The summed E-state index contributed by atoms with van der Waals surface area (Å²) in [5.41, 5.74) is 8.00. The van der Waals surface area contributed by atoms with Crippen molar-refractivity contribution in [2.45, 2.75) is 18.7 Å². The van der Waals surface area contributed by atoms with Gasteiger partial charge < -0.3 is 5.73 Å². The molecule has 3 N–H and O–H groups in total. The van der Waals surface area contributed by atoms with Gasteiger partial charge in [-0.05, 0) is 31.5 Å². The van der Waals surface area contributed by atoms with Gasteiger partial charge in [0.25, 0.3) is 10.0 Å². The van der Waals surface area contributed by atoms with E-state index in [1.54, 1.807) is 6.07 Å². The first-order chi connectivity index (χ1) is 8.88. The number of anilines is 2. The molecule has 6 heteroatoms. The van der Waals surface area contributed by atoms with Crippen LogP contribution in [-0.4, -0.2) is 13.4 Å².